The van der Waals surface area contributed by atoms with Crippen molar-refractivity contribution < 1.29 is 37.5 Å². The average Bonchev–Trinajstić information content (AvgIpc) is 2.06. The Hall–Kier alpha value is -0.466. The van der Waals surface area contributed by atoms with Gasteiger partial charge < -0.3 is 10.1 Å². The summed E-state index contributed by atoms with van der Waals surface area (Å²) in [7, 11) is 0. The zero-order valence-corrected chi connectivity index (χ0v) is 9.37. The number of nitrogens with one attached hydrogen (secondary N) is 1. The van der Waals surface area contributed by atoms with Gasteiger partial charge >= 0.3 is 0 Å². The van der Waals surface area contributed by atoms with Crippen LogP contribution in [0.1, 0.15) is 0 Å². The minimum Gasteiger partial charge on any atom is -0.401 e. The van der Waals surface area contributed by atoms with Gasteiger partial charge in [0.2, 0.25) is 0 Å². The van der Waals surface area contributed by atoms with Crippen LogP contribution in [0.4, 0.5) is 5.69 Å². The summed E-state index contributed by atoms with van der Waals surface area (Å²) in [5, 5.41) is 2.57. The molecule has 0 saturated carbocycles. The maximum Gasteiger partial charge on any atom is 0.0885 e. The Morgan fingerprint density at radius 1 is 1.33 bits per heavy atom. The van der Waals surface area contributed by atoms with Crippen LogP contribution in [0.2, 0.25) is 0 Å². The third-order valence-corrected chi connectivity index (χ3v) is 1.19. The summed E-state index contributed by atoms with van der Waals surface area (Å²) in [4.78, 5) is 10.7. The number of benzene rings is 1. The van der Waals surface area contributed by atoms with E-state index in [1.165, 1.54) is 0 Å². The zero-order chi connectivity index (χ0) is 8.10. The molecular weight excluding hydrogens is 227 g/mol. The van der Waals surface area contributed by atoms with Gasteiger partial charge in [0.05, 0.1) is 5.91 Å². The van der Waals surface area contributed by atoms with Crippen LogP contribution >= 0.6 is 0 Å². The van der Waals surface area contributed by atoms with Crippen molar-refractivity contribution in [1.29, 1.82) is 0 Å². The summed E-state index contributed by atoms with van der Waals surface area (Å²) >= 11 is 0. The second-order valence-corrected chi connectivity index (χ2v) is 2.02. The Bertz CT molecular complexity index is 258. The van der Waals surface area contributed by atoms with E-state index in [1.807, 2.05) is 18.2 Å². The molecule has 1 rings (SSSR count). The molecule has 2 nitrogen and oxygen atoms in total. The quantitative estimate of drug-likeness (QED) is 0.612. The molecule has 0 aromatic heterocycles. The number of hydrogen-bond acceptors (Lipinski definition) is 1. The van der Waals surface area contributed by atoms with E-state index in [1.54, 1.807) is 12.1 Å². The van der Waals surface area contributed by atoms with Gasteiger partial charge in [-0.15, -0.1) is 0 Å². The number of anilines is 1. The first-order valence-electron chi connectivity index (χ1n) is 3.24. The Balaban J connectivity index is 0.00000121. The van der Waals surface area contributed by atoms with Crippen molar-refractivity contribution in [2.45, 2.75) is 0 Å². The van der Waals surface area contributed by atoms with Crippen molar-refractivity contribution in [2.75, 3.05) is 5.32 Å². The fourth-order valence-electron chi connectivity index (χ4n) is 0.705. The Kier molecular flexibility index (Phi) is 5.86. The van der Waals surface area contributed by atoms with Crippen molar-refractivity contribution in [3.63, 3.8) is 0 Å². The molecule has 0 saturated heterocycles. The monoisotopic (exact) mass is 235 g/mol. The van der Waals surface area contributed by atoms with Crippen LogP contribution in [-0.4, -0.2) is 5.91 Å². The Morgan fingerprint density at radius 3 is 2.42 bits per heavy atom. The molecule has 0 aliphatic carbocycles. The fraction of sp³-hybridized carbons (Fsp3) is 0. The predicted octanol–water partition coefficient (Wildman–Crippen LogP) is 1.61. The molecule has 0 spiro atoms. The topological polar surface area (TPSA) is 29.1 Å². The second kappa shape index (κ2) is 6.09. The first kappa shape index (κ1) is 11.5. The van der Waals surface area contributed by atoms with Gasteiger partial charge in [0.25, 0.3) is 0 Å². The Morgan fingerprint density at radius 2 is 1.92 bits per heavy atom. The third-order valence-electron chi connectivity index (χ3n) is 1.19. The summed E-state index contributed by atoms with van der Waals surface area (Å²) in [5.41, 5.74) is 0.749. The van der Waals surface area contributed by atoms with Crippen LogP contribution in [-0.2, 0) is 37.5 Å². The molecule has 1 aromatic carbocycles. The number of rotatable bonds is 2. The van der Waals surface area contributed by atoms with Gasteiger partial charge in [-0.3, -0.25) is 6.58 Å². The van der Waals surface area contributed by atoms with Gasteiger partial charge in [0, 0.05) is 38.4 Å². The van der Waals surface area contributed by atoms with E-state index in [0.29, 0.717) is 0 Å². The van der Waals surface area contributed by atoms with Gasteiger partial charge in [0.15, 0.2) is 0 Å². The normalized spacial score (nSPS) is 8.00. The number of hydrogen-bond donors (Lipinski definition) is 1. The van der Waals surface area contributed by atoms with Crippen molar-refractivity contribution in [2.24, 2.45) is 0 Å². The Labute approximate surface area is 96.9 Å². The fourth-order valence-corrected chi connectivity index (χ4v) is 0.705. The van der Waals surface area contributed by atoms with Crippen LogP contribution in [0.5, 0.6) is 0 Å². The van der Waals surface area contributed by atoms with Gasteiger partial charge in [-0.25, -0.2) is 0 Å². The van der Waals surface area contributed by atoms with E-state index in [2.05, 4.69) is 5.32 Å². The molecule has 3 heteroatoms. The molecule has 0 unspecified atom stereocenters. The van der Waals surface area contributed by atoms with E-state index >= 15 is 0 Å². The van der Waals surface area contributed by atoms with E-state index in [0.717, 1.165) is 11.8 Å². The van der Waals surface area contributed by atoms with Crippen molar-refractivity contribution in [3.05, 3.63) is 43.0 Å². The maximum atomic E-state index is 10.7. The first-order chi connectivity index (χ1) is 5.33. The molecule has 1 aromatic rings. The van der Waals surface area contributed by atoms with Crippen LogP contribution < -0.4 is 5.32 Å². The molecule has 1 N–H and O–H groups in total. The summed E-state index contributed by atoms with van der Waals surface area (Å²) in [5.74, 6) is -0.295. The number of amides is 1. The van der Waals surface area contributed by atoms with E-state index in [9.17, 15) is 4.79 Å². The number of carbonyl (C=O) groups excluding carboxylic acids is 1. The van der Waals surface area contributed by atoms with E-state index in [4.69, 9.17) is 6.58 Å². The van der Waals surface area contributed by atoms with Crippen LogP contribution in [0.3, 0.4) is 0 Å². The van der Waals surface area contributed by atoms with Crippen molar-refractivity contribution in [1.82, 2.24) is 0 Å². The number of para-hydroxylation sites is 1. The average molecular weight is 235 g/mol. The molecule has 12 heavy (non-hydrogen) atoms. The molecule has 0 aliphatic rings. The smallest absolute Gasteiger partial charge is 0.0885 e. The minimum absolute atomic E-state index is 0. The van der Waals surface area contributed by atoms with Crippen LogP contribution in [0, 0.1) is 6.58 Å². The molecule has 0 fully saturated rings. The van der Waals surface area contributed by atoms with Gasteiger partial charge in [-0.05, 0) is 12.1 Å². The molecule has 59 valence electrons. The van der Waals surface area contributed by atoms with Crippen molar-refractivity contribution >= 4 is 11.6 Å². The van der Waals surface area contributed by atoms with Gasteiger partial charge in [-0.1, -0.05) is 18.2 Å². The van der Waals surface area contributed by atoms with Crippen molar-refractivity contribution in [3.8, 4) is 0 Å². The van der Waals surface area contributed by atoms with Crippen LogP contribution in [0.25, 0.3) is 0 Å². The molecule has 0 heterocycles. The van der Waals surface area contributed by atoms with Gasteiger partial charge in [0.1, 0.15) is 0 Å². The SMILES string of the molecule is [CH-]=CC(=O)Nc1ccccc1.[Y]. The minimum atomic E-state index is -0.295. The molecule has 1 amide bonds. The van der Waals surface area contributed by atoms with Crippen LogP contribution in [0.15, 0.2) is 36.4 Å². The second-order valence-electron chi connectivity index (χ2n) is 2.02. The number of carbonyl (C=O) groups is 1. The summed E-state index contributed by atoms with van der Waals surface area (Å²) < 4.78 is 0. The first-order valence-corrected chi connectivity index (χ1v) is 3.24. The molecular formula is C9H8NOY-. The zero-order valence-electron chi connectivity index (χ0n) is 6.53. The molecule has 0 atom stereocenters. The van der Waals surface area contributed by atoms with E-state index in [-0.39, 0.29) is 38.6 Å². The van der Waals surface area contributed by atoms with E-state index < -0.39 is 0 Å². The largest absolute Gasteiger partial charge is 0.401 e. The third kappa shape index (κ3) is 3.79. The summed E-state index contributed by atoms with van der Waals surface area (Å²) in [6, 6.07) is 9.14. The standard InChI is InChI=1S/C9H8NO.Y/c1-2-9(11)10-8-6-4-3-5-7-8;/h1-7H,(H,10,11);/q-1;. The molecule has 0 bridgehead atoms. The maximum absolute atomic E-state index is 10.7. The summed E-state index contributed by atoms with van der Waals surface area (Å²) in [6.45, 7) is 4.98. The molecule has 1 radical (unpaired) electrons. The predicted molar refractivity (Wildman–Crippen MR) is 43.9 cm³/mol. The molecule has 0 aliphatic heterocycles. The van der Waals surface area contributed by atoms with Gasteiger partial charge in [-0.2, -0.15) is 6.08 Å². The summed E-state index contributed by atoms with van der Waals surface area (Å²) in [6.07, 6.45) is 0.993.